The number of carbonyl (C=O) groups is 1. The minimum atomic E-state index is 0.110. The summed E-state index contributed by atoms with van der Waals surface area (Å²) < 4.78 is 3.90. The molecule has 0 aliphatic carbocycles. The maximum absolute atomic E-state index is 12.5. The van der Waals surface area contributed by atoms with Crippen molar-refractivity contribution in [1.82, 2.24) is 14.5 Å². The number of alkyl halides is 1. The third kappa shape index (κ3) is 2.83. The summed E-state index contributed by atoms with van der Waals surface area (Å²) in [6.07, 6.45) is 4.92. The number of aromatic nitrogens is 2. The summed E-state index contributed by atoms with van der Waals surface area (Å²) in [5, 5.41) is 4.01. The van der Waals surface area contributed by atoms with Crippen molar-refractivity contribution in [1.29, 1.82) is 0 Å². The average molecular weight is 288 g/mol. The second-order valence-corrected chi connectivity index (χ2v) is 5.66. The lowest BCUT2D eigenvalue weighted by Crippen LogP contribution is -2.35. The summed E-state index contributed by atoms with van der Waals surface area (Å²) in [6.45, 7) is 2.86. The van der Waals surface area contributed by atoms with Crippen LogP contribution in [0.1, 0.15) is 48.0 Å². The molecule has 1 fully saturated rings. The smallest absolute Gasteiger partial charge is 0.267 e. The molecule has 1 aliphatic rings. The molecule has 1 amide bonds. The van der Waals surface area contributed by atoms with Crippen LogP contribution in [0.5, 0.6) is 0 Å². The van der Waals surface area contributed by atoms with Gasteiger partial charge in [0.05, 0.1) is 5.69 Å². The number of carbonyl (C=O) groups excluding carboxylic acids is 1. The van der Waals surface area contributed by atoms with Crippen molar-refractivity contribution in [3.63, 3.8) is 0 Å². The molecule has 0 radical (unpaired) electrons. The molecule has 4 nitrogen and oxygen atoms in total. The van der Waals surface area contributed by atoms with Crippen molar-refractivity contribution in [2.45, 2.75) is 45.1 Å². The van der Waals surface area contributed by atoms with Crippen LogP contribution in [0.15, 0.2) is 0 Å². The van der Waals surface area contributed by atoms with Crippen molar-refractivity contribution >= 4 is 29.0 Å². The number of amides is 1. The molecule has 1 aromatic rings. The van der Waals surface area contributed by atoms with E-state index in [1.807, 2.05) is 11.8 Å². The molecule has 0 spiro atoms. The predicted octanol–water partition coefficient (Wildman–Crippen LogP) is 2.72. The van der Waals surface area contributed by atoms with Gasteiger partial charge in [-0.25, -0.2) is 0 Å². The summed E-state index contributed by atoms with van der Waals surface area (Å²) in [4.78, 5) is 15.2. The molecule has 1 aromatic heterocycles. The Bertz CT molecular complexity index is 410. The highest BCUT2D eigenvalue weighted by atomic mass is 35.5. The first kappa shape index (κ1) is 13.7. The van der Waals surface area contributed by atoms with E-state index in [9.17, 15) is 4.79 Å². The highest BCUT2D eigenvalue weighted by Crippen LogP contribution is 2.25. The predicted molar refractivity (Wildman–Crippen MR) is 73.3 cm³/mol. The molecule has 18 heavy (non-hydrogen) atoms. The monoisotopic (exact) mass is 287 g/mol. The van der Waals surface area contributed by atoms with Gasteiger partial charge in [0, 0.05) is 18.5 Å². The molecule has 100 valence electrons. The maximum Gasteiger partial charge on any atom is 0.267 e. The minimum absolute atomic E-state index is 0.110. The van der Waals surface area contributed by atoms with E-state index in [4.69, 9.17) is 11.6 Å². The second-order valence-electron chi connectivity index (χ2n) is 4.53. The average Bonchev–Trinajstić information content (AvgIpc) is 3.03. The number of hydrogen-bond donors (Lipinski definition) is 0. The first-order chi connectivity index (χ1) is 8.77. The Hall–Kier alpha value is -0.680. The van der Waals surface area contributed by atoms with E-state index in [1.165, 1.54) is 11.5 Å². The number of likely N-dealkylation sites (tertiary alicyclic amines) is 1. The summed E-state index contributed by atoms with van der Waals surface area (Å²) in [7, 11) is 0. The van der Waals surface area contributed by atoms with E-state index in [-0.39, 0.29) is 5.91 Å². The van der Waals surface area contributed by atoms with Crippen LogP contribution in [-0.4, -0.2) is 38.9 Å². The summed E-state index contributed by atoms with van der Waals surface area (Å²) in [5.41, 5.74) is 0.827. The Labute approximate surface area is 116 Å². The van der Waals surface area contributed by atoms with Gasteiger partial charge in [-0.2, -0.15) is 0 Å². The fourth-order valence-electron chi connectivity index (χ4n) is 2.45. The van der Waals surface area contributed by atoms with Gasteiger partial charge in [0.25, 0.3) is 5.91 Å². The highest BCUT2D eigenvalue weighted by molar-refractivity contribution is 7.08. The normalized spacial score (nSPS) is 19.4. The lowest BCUT2D eigenvalue weighted by atomic mass is 10.1. The van der Waals surface area contributed by atoms with E-state index in [1.54, 1.807) is 0 Å². The van der Waals surface area contributed by atoms with Crippen molar-refractivity contribution in [2.24, 2.45) is 0 Å². The molecule has 0 saturated carbocycles. The highest BCUT2D eigenvalue weighted by Gasteiger charge is 2.31. The number of aryl methyl sites for hydroxylation is 1. The number of rotatable bonds is 5. The van der Waals surface area contributed by atoms with Crippen molar-refractivity contribution in [2.75, 3.05) is 12.4 Å². The zero-order chi connectivity index (χ0) is 13.0. The Morgan fingerprint density at radius 3 is 3.17 bits per heavy atom. The Morgan fingerprint density at radius 2 is 2.44 bits per heavy atom. The first-order valence-corrected chi connectivity index (χ1v) is 7.76. The van der Waals surface area contributed by atoms with Crippen LogP contribution in [0.4, 0.5) is 0 Å². The number of hydrogen-bond acceptors (Lipinski definition) is 4. The van der Waals surface area contributed by atoms with Gasteiger partial charge in [0.1, 0.15) is 4.88 Å². The third-order valence-electron chi connectivity index (χ3n) is 3.39. The molecular weight excluding hydrogens is 270 g/mol. The van der Waals surface area contributed by atoms with Crippen molar-refractivity contribution in [3.05, 3.63) is 10.6 Å². The fraction of sp³-hybridized carbons (Fsp3) is 0.750. The molecule has 6 heteroatoms. The third-order valence-corrected chi connectivity index (χ3v) is 4.42. The van der Waals surface area contributed by atoms with Crippen LogP contribution in [0.25, 0.3) is 0 Å². The lowest BCUT2D eigenvalue weighted by Gasteiger charge is -2.24. The van der Waals surface area contributed by atoms with E-state index < -0.39 is 0 Å². The summed E-state index contributed by atoms with van der Waals surface area (Å²) >= 11 is 6.95. The van der Waals surface area contributed by atoms with Crippen LogP contribution < -0.4 is 0 Å². The Kier molecular flexibility index (Phi) is 4.95. The molecule has 1 aliphatic heterocycles. The molecular formula is C12H18ClN3OS. The van der Waals surface area contributed by atoms with Gasteiger partial charge in [0.2, 0.25) is 0 Å². The number of halogens is 1. The van der Waals surface area contributed by atoms with E-state index in [0.717, 1.165) is 49.2 Å². The van der Waals surface area contributed by atoms with Gasteiger partial charge in [-0.05, 0) is 43.6 Å². The molecule has 1 saturated heterocycles. The first-order valence-electron chi connectivity index (χ1n) is 6.46. The van der Waals surface area contributed by atoms with Crippen LogP contribution >= 0.6 is 23.1 Å². The standard InChI is InChI=1S/C12H18ClN3OS/c1-2-10-11(18-15-14-10)12(17)16-8-4-6-9(16)5-3-7-13/h9H,2-8H2,1H3. The largest absolute Gasteiger partial charge is 0.335 e. The maximum atomic E-state index is 12.5. The Morgan fingerprint density at radius 1 is 1.61 bits per heavy atom. The van der Waals surface area contributed by atoms with Gasteiger partial charge in [-0.15, -0.1) is 16.7 Å². The van der Waals surface area contributed by atoms with Gasteiger partial charge in [-0.1, -0.05) is 11.4 Å². The molecule has 1 unspecified atom stereocenters. The fourth-order valence-corrected chi connectivity index (χ4v) is 3.31. The summed E-state index contributed by atoms with van der Waals surface area (Å²) in [5.74, 6) is 0.778. The van der Waals surface area contributed by atoms with Crippen molar-refractivity contribution in [3.8, 4) is 0 Å². The molecule has 2 rings (SSSR count). The van der Waals surface area contributed by atoms with Gasteiger partial charge < -0.3 is 4.90 Å². The zero-order valence-corrected chi connectivity index (χ0v) is 12.1. The van der Waals surface area contributed by atoms with E-state index in [2.05, 4.69) is 9.59 Å². The molecule has 1 atom stereocenters. The van der Waals surface area contributed by atoms with Crippen LogP contribution in [-0.2, 0) is 6.42 Å². The van der Waals surface area contributed by atoms with Crippen LogP contribution in [0, 0.1) is 0 Å². The molecule has 0 aromatic carbocycles. The van der Waals surface area contributed by atoms with Crippen LogP contribution in [0.2, 0.25) is 0 Å². The number of nitrogens with zero attached hydrogens (tertiary/aromatic N) is 3. The zero-order valence-electron chi connectivity index (χ0n) is 10.6. The SMILES string of the molecule is CCc1nnsc1C(=O)N1CCCC1CCCCl. The molecule has 0 N–H and O–H groups in total. The molecule has 2 heterocycles. The summed E-state index contributed by atoms with van der Waals surface area (Å²) in [6, 6.07) is 0.350. The van der Waals surface area contributed by atoms with Gasteiger partial charge >= 0.3 is 0 Å². The van der Waals surface area contributed by atoms with Gasteiger partial charge in [-0.3, -0.25) is 4.79 Å². The Balaban J connectivity index is 2.08. The minimum Gasteiger partial charge on any atom is -0.335 e. The van der Waals surface area contributed by atoms with Gasteiger partial charge in [0.15, 0.2) is 0 Å². The van der Waals surface area contributed by atoms with E-state index >= 15 is 0 Å². The van der Waals surface area contributed by atoms with Crippen LogP contribution in [0.3, 0.4) is 0 Å². The lowest BCUT2D eigenvalue weighted by molar-refractivity contribution is 0.0734. The quantitative estimate of drug-likeness (QED) is 0.782. The topological polar surface area (TPSA) is 46.1 Å². The van der Waals surface area contributed by atoms with Crippen molar-refractivity contribution < 1.29 is 4.79 Å². The molecule has 0 bridgehead atoms. The van der Waals surface area contributed by atoms with E-state index in [0.29, 0.717) is 11.9 Å². The second kappa shape index (κ2) is 6.48.